The molecule has 0 saturated carbocycles. The van der Waals surface area contributed by atoms with Crippen LogP contribution in [0.4, 0.5) is 4.39 Å². The van der Waals surface area contributed by atoms with Crippen molar-refractivity contribution in [3.8, 4) is 11.4 Å². The number of fused-ring (bicyclic) bond motifs is 1. The van der Waals surface area contributed by atoms with Gasteiger partial charge in [-0.2, -0.15) is 5.10 Å². The number of nitrogens with one attached hydrogen (secondary N) is 1. The van der Waals surface area contributed by atoms with Gasteiger partial charge in [-0.3, -0.25) is 4.79 Å². The van der Waals surface area contributed by atoms with Crippen molar-refractivity contribution in [1.82, 2.24) is 20.1 Å². The lowest BCUT2D eigenvalue weighted by Crippen LogP contribution is -2.35. The first-order valence-electron chi connectivity index (χ1n) is 9.40. The number of halogens is 2. The first kappa shape index (κ1) is 19.5. The van der Waals surface area contributed by atoms with Crippen LogP contribution in [-0.4, -0.2) is 31.9 Å². The molecule has 150 valence electrons. The number of aliphatic hydroxyl groups is 1. The molecule has 2 aromatic carbocycles. The van der Waals surface area contributed by atoms with Gasteiger partial charge >= 0.3 is 0 Å². The van der Waals surface area contributed by atoms with E-state index in [0.717, 1.165) is 11.1 Å². The molecule has 0 bridgehead atoms. The van der Waals surface area contributed by atoms with Gasteiger partial charge in [0.05, 0.1) is 23.6 Å². The molecule has 1 amide bonds. The summed E-state index contributed by atoms with van der Waals surface area (Å²) in [5, 5.41) is 17.6. The number of carbonyl (C=O) groups is 1. The lowest BCUT2D eigenvalue weighted by molar-refractivity contribution is -0.122. The summed E-state index contributed by atoms with van der Waals surface area (Å²) in [5.74, 6) is -0.0144. The van der Waals surface area contributed by atoms with E-state index >= 15 is 0 Å². The Hall–Kier alpha value is -2.77. The van der Waals surface area contributed by atoms with Crippen molar-refractivity contribution in [1.29, 1.82) is 0 Å². The van der Waals surface area contributed by atoms with E-state index in [0.29, 0.717) is 30.2 Å². The summed E-state index contributed by atoms with van der Waals surface area (Å²) >= 11 is 5.74. The number of amides is 1. The fourth-order valence-electron chi connectivity index (χ4n) is 3.63. The molecule has 8 heteroatoms. The average molecular weight is 415 g/mol. The van der Waals surface area contributed by atoms with E-state index in [9.17, 15) is 14.3 Å². The Balaban J connectivity index is 1.52. The summed E-state index contributed by atoms with van der Waals surface area (Å²) in [6.07, 6.45) is -0.145. The van der Waals surface area contributed by atoms with Crippen LogP contribution in [0.2, 0.25) is 5.02 Å². The van der Waals surface area contributed by atoms with Crippen LogP contribution in [0, 0.1) is 5.82 Å². The molecule has 4 rings (SSSR count). The van der Waals surface area contributed by atoms with Gasteiger partial charge < -0.3 is 10.4 Å². The molecule has 1 aliphatic carbocycles. The molecule has 6 nitrogen and oxygen atoms in total. The minimum atomic E-state index is -0.659. The van der Waals surface area contributed by atoms with Crippen LogP contribution < -0.4 is 5.32 Å². The largest absolute Gasteiger partial charge is 0.390 e. The molecule has 0 unspecified atom stereocenters. The summed E-state index contributed by atoms with van der Waals surface area (Å²) in [7, 11) is 0. The van der Waals surface area contributed by atoms with Crippen molar-refractivity contribution in [2.45, 2.75) is 38.5 Å². The molecule has 0 aliphatic heterocycles. The number of rotatable bonds is 5. The van der Waals surface area contributed by atoms with Crippen LogP contribution in [0.3, 0.4) is 0 Å². The lowest BCUT2D eigenvalue weighted by Gasteiger charge is -2.17. The van der Waals surface area contributed by atoms with Gasteiger partial charge in [-0.05, 0) is 36.2 Å². The van der Waals surface area contributed by atoms with Gasteiger partial charge in [0.1, 0.15) is 11.6 Å². The topological polar surface area (TPSA) is 80.0 Å². The van der Waals surface area contributed by atoms with Gasteiger partial charge in [0.15, 0.2) is 5.82 Å². The normalized spacial score (nSPS) is 17.9. The quantitative estimate of drug-likeness (QED) is 0.672. The zero-order valence-corrected chi connectivity index (χ0v) is 16.5. The lowest BCUT2D eigenvalue weighted by atomic mass is 10.1. The van der Waals surface area contributed by atoms with Crippen LogP contribution in [0.5, 0.6) is 0 Å². The second-order valence-electron chi connectivity index (χ2n) is 6.99. The van der Waals surface area contributed by atoms with Gasteiger partial charge in [0, 0.05) is 18.5 Å². The first-order chi connectivity index (χ1) is 14.0. The highest BCUT2D eigenvalue weighted by Gasteiger charge is 2.32. The summed E-state index contributed by atoms with van der Waals surface area (Å²) in [6, 6.07) is 11.6. The molecule has 3 aromatic rings. The predicted molar refractivity (Wildman–Crippen MR) is 107 cm³/mol. The van der Waals surface area contributed by atoms with E-state index in [2.05, 4.69) is 15.4 Å². The van der Waals surface area contributed by atoms with Crippen LogP contribution in [-0.2, 0) is 24.2 Å². The smallest absolute Gasteiger partial charge is 0.228 e. The van der Waals surface area contributed by atoms with Crippen LogP contribution in [0.25, 0.3) is 11.4 Å². The Morgan fingerprint density at radius 3 is 2.90 bits per heavy atom. The summed E-state index contributed by atoms with van der Waals surface area (Å²) < 4.78 is 15.4. The van der Waals surface area contributed by atoms with Crippen molar-refractivity contribution >= 4 is 17.5 Å². The van der Waals surface area contributed by atoms with E-state index in [-0.39, 0.29) is 17.4 Å². The fourth-order valence-corrected chi connectivity index (χ4v) is 3.75. The number of nitrogens with zero attached hydrogens (tertiary/aromatic N) is 3. The molecule has 1 aliphatic rings. The highest BCUT2D eigenvalue weighted by Crippen LogP contribution is 2.31. The van der Waals surface area contributed by atoms with E-state index in [4.69, 9.17) is 11.6 Å². The maximum atomic E-state index is 13.8. The van der Waals surface area contributed by atoms with E-state index < -0.39 is 18.0 Å². The third-order valence-electron chi connectivity index (χ3n) is 5.06. The van der Waals surface area contributed by atoms with Gasteiger partial charge in [-0.1, -0.05) is 35.9 Å². The fraction of sp³-hybridized carbons (Fsp3) is 0.286. The molecule has 0 spiro atoms. The second-order valence-corrected chi connectivity index (χ2v) is 7.40. The predicted octanol–water partition coefficient (Wildman–Crippen LogP) is 3.07. The van der Waals surface area contributed by atoms with Gasteiger partial charge in [-0.25, -0.2) is 14.1 Å². The van der Waals surface area contributed by atoms with Crippen molar-refractivity contribution < 1.29 is 14.3 Å². The monoisotopic (exact) mass is 414 g/mol. The number of carbonyl (C=O) groups excluding carboxylic acids is 1. The van der Waals surface area contributed by atoms with Crippen LogP contribution >= 0.6 is 11.6 Å². The molecule has 2 N–H and O–H groups in total. The Morgan fingerprint density at radius 1 is 1.34 bits per heavy atom. The number of hydrogen-bond donors (Lipinski definition) is 2. The van der Waals surface area contributed by atoms with Crippen molar-refractivity contribution in [3.63, 3.8) is 0 Å². The highest BCUT2D eigenvalue weighted by molar-refractivity contribution is 6.30. The van der Waals surface area contributed by atoms with Gasteiger partial charge in [-0.15, -0.1) is 0 Å². The van der Waals surface area contributed by atoms with Crippen molar-refractivity contribution in [2.24, 2.45) is 0 Å². The molecule has 1 heterocycles. The second kappa shape index (κ2) is 7.93. The van der Waals surface area contributed by atoms with E-state index in [1.54, 1.807) is 10.7 Å². The Morgan fingerprint density at radius 2 is 2.14 bits per heavy atom. The standard InChI is InChI=1S/C21H20ClFN4O2/c1-2-27-18(24-21(26-27)13-7-8-15(22)16(23)9-13)11-19(29)25-20-14-6-4-3-5-12(14)10-17(20)28/h3-9,17,20,28H,2,10-11H2,1H3,(H,25,29)/t17-,20-/m0/s1. The minimum absolute atomic E-state index is 0.00228. The Bertz CT molecular complexity index is 1070. The molecule has 29 heavy (non-hydrogen) atoms. The molecule has 2 atom stereocenters. The number of aliphatic hydroxyl groups excluding tert-OH is 1. The van der Waals surface area contributed by atoms with Gasteiger partial charge in [0.25, 0.3) is 0 Å². The molecular formula is C21H20ClFN4O2. The molecule has 0 saturated heterocycles. The SMILES string of the molecule is CCn1nc(-c2ccc(Cl)c(F)c2)nc1CC(=O)N[C@H]1c2ccccc2C[C@@H]1O. The summed E-state index contributed by atoms with van der Waals surface area (Å²) in [6.45, 7) is 2.40. The highest BCUT2D eigenvalue weighted by atomic mass is 35.5. The first-order valence-corrected chi connectivity index (χ1v) is 9.78. The average Bonchev–Trinajstić information content (AvgIpc) is 3.25. The number of aromatic nitrogens is 3. The van der Waals surface area contributed by atoms with Crippen LogP contribution in [0.15, 0.2) is 42.5 Å². The Kier molecular flexibility index (Phi) is 5.34. The Labute approximate surface area is 172 Å². The summed E-state index contributed by atoms with van der Waals surface area (Å²) in [5.41, 5.74) is 2.46. The van der Waals surface area contributed by atoms with E-state index in [1.165, 1.54) is 12.1 Å². The number of hydrogen-bond acceptors (Lipinski definition) is 4. The van der Waals surface area contributed by atoms with E-state index in [1.807, 2.05) is 31.2 Å². The molecule has 1 aromatic heterocycles. The zero-order valence-electron chi connectivity index (χ0n) is 15.8. The summed E-state index contributed by atoms with van der Waals surface area (Å²) in [4.78, 5) is 17.1. The van der Waals surface area contributed by atoms with Crippen molar-refractivity contribution in [2.75, 3.05) is 0 Å². The van der Waals surface area contributed by atoms with Gasteiger partial charge in [0.2, 0.25) is 5.91 Å². The maximum absolute atomic E-state index is 13.8. The maximum Gasteiger partial charge on any atom is 0.228 e. The number of benzene rings is 2. The third kappa shape index (κ3) is 3.88. The van der Waals surface area contributed by atoms with Crippen molar-refractivity contribution in [3.05, 3.63) is 70.3 Å². The molecule has 0 fully saturated rings. The molecular weight excluding hydrogens is 395 g/mol. The molecule has 0 radical (unpaired) electrons. The minimum Gasteiger partial charge on any atom is -0.390 e. The third-order valence-corrected chi connectivity index (χ3v) is 5.37. The zero-order chi connectivity index (χ0) is 20.5. The van der Waals surface area contributed by atoms with Crippen LogP contribution in [0.1, 0.15) is 29.9 Å². The number of aryl methyl sites for hydroxylation is 1.